The van der Waals surface area contributed by atoms with Crippen LogP contribution in [0.5, 0.6) is 0 Å². The molecule has 2 aromatic rings. The Morgan fingerprint density at radius 2 is 1.75 bits per heavy atom. The van der Waals surface area contributed by atoms with Crippen LogP contribution in [-0.2, 0) is 0 Å². The number of amides is 1. The van der Waals surface area contributed by atoms with Crippen LogP contribution < -0.4 is 0 Å². The maximum atomic E-state index is 12.7. The Hall–Kier alpha value is -2.16. The lowest BCUT2D eigenvalue weighted by molar-refractivity contribution is 0.0548. The van der Waals surface area contributed by atoms with Gasteiger partial charge >= 0.3 is 0 Å². The standard InChI is InChI=1S/C17H18N2O/c1-17(2,3)19-15(12-8-5-4-6-9-12)13-10-7-11-18-14(13)16(19)20/h4-11,15H,1-3H3. The van der Waals surface area contributed by atoms with Crippen molar-refractivity contribution < 1.29 is 4.79 Å². The second-order valence-electron chi connectivity index (χ2n) is 6.10. The third-order valence-electron chi connectivity index (χ3n) is 3.65. The number of carbonyl (C=O) groups is 1. The lowest BCUT2D eigenvalue weighted by Crippen LogP contribution is -2.44. The number of rotatable bonds is 1. The Balaban J connectivity index is 2.20. The molecule has 1 atom stereocenters. The highest BCUT2D eigenvalue weighted by atomic mass is 16.2. The highest BCUT2D eigenvalue weighted by Gasteiger charge is 2.43. The van der Waals surface area contributed by atoms with E-state index in [4.69, 9.17) is 0 Å². The van der Waals surface area contributed by atoms with E-state index >= 15 is 0 Å². The van der Waals surface area contributed by atoms with E-state index in [1.165, 1.54) is 0 Å². The molecule has 0 N–H and O–H groups in total. The molecule has 0 spiro atoms. The molecule has 1 aliphatic heterocycles. The van der Waals surface area contributed by atoms with Gasteiger partial charge in [0.15, 0.2) is 0 Å². The third kappa shape index (κ3) is 1.90. The van der Waals surface area contributed by atoms with Crippen LogP contribution in [0.4, 0.5) is 0 Å². The molecule has 102 valence electrons. The van der Waals surface area contributed by atoms with E-state index in [0.717, 1.165) is 11.1 Å². The Bertz CT molecular complexity index is 644. The first-order valence-electron chi connectivity index (χ1n) is 6.83. The minimum atomic E-state index is -0.252. The van der Waals surface area contributed by atoms with Crippen LogP contribution in [0, 0.1) is 0 Å². The van der Waals surface area contributed by atoms with Crippen LogP contribution >= 0.6 is 0 Å². The van der Waals surface area contributed by atoms with Gasteiger partial charge in [-0.2, -0.15) is 0 Å². The molecule has 0 fully saturated rings. The number of nitrogens with zero attached hydrogens (tertiary/aromatic N) is 2. The molecule has 3 heteroatoms. The predicted molar refractivity (Wildman–Crippen MR) is 78.4 cm³/mol. The SMILES string of the molecule is CC(C)(C)N1C(=O)c2ncccc2C1c1ccccc1. The molecule has 3 rings (SSSR count). The second-order valence-corrected chi connectivity index (χ2v) is 6.10. The molecule has 20 heavy (non-hydrogen) atoms. The van der Waals surface area contributed by atoms with Crippen LogP contribution in [0.15, 0.2) is 48.7 Å². The van der Waals surface area contributed by atoms with Crippen molar-refractivity contribution in [3.05, 3.63) is 65.5 Å². The lowest BCUT2D eigenvalue weighted by atomic mass is 9.96. The number of carbonyl (C=O) groups excluding carboxylic acids is 1. The smallest absolute Gasteiger partial charge is 0.274 e. The zero-order chi connectivity index (χ0) is 14.3. The summed E-state index contributed by atoms with van der Waals surface area (Å²) in [5, 5.41) is 0. The van der Waals surface area contributed by atoms with Gasteiger partial charge in [-0.25, -0.2) is 0 Å². The average molecular weight is 266 g/mol. The average Bonchev–Trinajstić information content (AvgIpc) is 2.74. The maximum absolute atomic E-state index is 12.7. The molecule has 3 nitrogen and oxygen atoms in total. The molecule has 1 amide bonds. The molecule has 2 heterocycles. The predicted octanol–water partition coefficient (Wildman–Crippen LogP) is 3.43. The number of pyridine rings is 1. The Labute approximate surface area is 119 Å². The highest BCUT2D eigenvalue weighted by molar-refractivity contribution is 5.98. The summed E-state index contributed by atoms with van der Waals surface area (Å²) in [5.41, 5.74) is 2.45. The van der Waals surface area contributed by atoms with Crippen molar-refractivity contribution in [2.24, 2.45) is 0 Å². The fourth-order valence-corrected chi connectivity index (χ4v) is 2.84. The number of hydrogen-bond acceptors (Lipinski definition) is 2. The van der Waals surface area contributed by atoms with Gasteiger partial charge in [0.05, 0.1) is 6.04 Å². The van der Waals surface area contributed by atoms with Crippen molar-refractivity contribution >= 4 is 5.91 Å². The van der Waals surface area contributed by atoms with E-state index in [0.29, 0.717) is 5.69 Å². The fourth-order valence-electron chi connectivity index (χ4n) is 2.84. The summed E-state index contributed by atoms with van der Waals surface area (Å²) >= 11 is 0. The summed E-state index contributed by atoms with van der Waals surface area (Å²) in [6, 6.07) is 14.0. The molecular weight excluding hydrogens is 248 g/mol. The first-order valence-corrected chi connectivity index (χ1v) is 6.83. The van der Waals surface area contributed by atoms with Crippen molar-refractivity contribution in [1.82, 2.24) is 9.88 Å². The van der Waals surface area contributed by atoms with Crippen molar-refractivity contribution in [2.75, 3.05) is 0 Å². The Morgan fingerprint density at radius 1 is 1.05 bits per heavy atom. The topological polar surface area (TPSA) is 33.2 Å². The molecule has 0 bridgehead atoms. The van der Waals surface area contributed by atoms with Gasteiger partial charge in [0.2, 0.25) is 0 Å². The van der Waals surface area contributed by atoms with Crippen molar-refractivity contribution in [1.29, 1.82) is 0 Å². The van der Waals surface area contributed by atoms with Gasteiger partial charge < -0.3 is 4.90 Å². The van der Waals surface area contributed by atoms with Crippen LogP contribution in [0.25, 0.3) is 0 Å². The van der Waals surface area contributed by atoms with Crippen LogP contribution in [0.1, 0.15) is 48.4 Å². The normalized spacial score (nSPS) is 18.2. The summed E-state index contributed by atoms with van der Waals surface area (Å²) in [6.45, 7) is 6.19. The highest BCUT2D eigenvalue weighted by Crippen LogP contribution is 2.41. The van der Waals surface area contributed by atoms with Crippen LogP contribution in [0.3, 0.4) is 0 Å². The van der Waals surface area contributed by atoms with Crippen molar-refractivity contribution in [3.8, 4) is 0 Å². The zero-order valence-corrected chi connectivity index (χ0v) is 12.0. The molecule has 1 aromatic carbocycles. The quantitative estimate of drug-likeness (QED) is 0.792. The summed E-state index contributed by atoms with van der Waals surface area (Å²) < 4.78 is 0. The molecule has 1 aliphatic rings. The third-order valence-corrected chi connectivity index (χ3v) is 3.65. The van der Waals surface area contributed by atoms with Crippen molar-refractivity contribution in [3.63, 3.8) is 0 Å². The van der Waals surface area contributed by atoms with E-state index in [9.17, 15) is 4.79 Å². The first kappa shape index (κ1) is 12.9. The molecule has 0 radical (unpaired) electrons. The summed E-state index contributed by atoms with van der Waals surface area (Å²) in [4.78, 5) is 18.9. The number of benzene rings is 1. The summed E-state index contributed by atoms with van der Waals surface area (Å²) in [7, 11) is 0. The lowest BCUT2D eigenvalue weighted by Gasteiger charge is -2.37. The van der Waals surface area contributed by atoms with Crippen LogP contribution in [-0.4, -0.2) is 21.3 Å². The second kappa shape index (κ2) is 4.44. The zero-order valence-electron chi connectivity index (χ0n) is 12.0. The van der Waals surface area contributed by atoms with E-state index in [1.54, 1.807) is 6.20 Å². The Morgan fingerprint density at radius 3 is 2.40 bits per heavy atom. The van der Waals surface area contributed by atoms with E-state index in [2.05, 4.69) is 37.9 Å². The fraction of sp³-hybridized carbons (Fsp3) is 0.294. The Kier molecular flexibility index (Phi) is 2.85. The molecule has 0 saturated carbocycles. The molecule has 1 unspecified atom stereocenters. The minimum absolute atomic E-state index is 0.0157. The largest absolute Gasteiger partial charge is 0.321 e. The number of fused-ring (bicyclic) bond motifs is 1. The van der Waals surface area contributed by atoms with Crippen molar-refractivity contribution in [2.45, 2.75) is 32.4 Å². The van der Waals surface area contributed by atoms with Gasteiger partial charge in [0.1, 0.15) is 5.69 Å². The monoisotopic (exact) mass is 266 g/mol. The van der Waals surface area contributed by atoms with E-state index in [1.807, 2.05) is 35.2 Å². The van der Waals surface area contributed by atoms with Gasteiger partial charge in [0, 0.05) is 17.3 Å². The molecule has 0 saturated heterocycles. The molecule has 0 aliphatic carbocycles. The van der Waals surface area contributed by atoms with Gasteiger partial charge in [-0.1, -0.05) is 36.4 Å². The van der Waals surface area contributed by atoms with Crippen LogP contribution in [0.2, 0.25) is 0 Å². The van der Waals surface area contributed by atoms with E-state index in [-0.39, 0.29) is 17.5 Å². The van der Waals surface area contributed by atoms with Gasteiger partial charge in [0.25, 0.3) is 5.91 Å². The number of aromatic nitrogens is 1. The number of hydrogen-bond donors (Lipinski definition) is 0. The van der Waals surface area contributed by atoms with Gasteiger partial charge in [-0.15, -0.1) is 0 Å². The van der Waals surface area contributed by atoms with Gasteiger partial charge in [-0.05, 0) is 32.4 Å². The summed E-state index contributed by atoms with van der Waals surface area (Å²) in [5.74, 6) is 0.0157. The minimum Gasteiger partial charge on any atom is -0.321 e. The summed E-state index contributed by atoms with van der Waals surface area (Å²) in [6.07, 6.45) is 1.69. The van der Waals surface area contributed by atoms with Gasteiger partial charge in [-0.3, -0.25) is 9.78 Å². The first-order chi connectivity index (χ1) is 9.50. The molecule has 1 aromatic heterocycles. The molecular formula is C17H18N2O. The van der Waals surface area contributed by atoms with E-state index < -0.39 is 0 Å². The maximum Gasteiger partial charge on any atom is 0.274 e.